The summed E-state index contributed by atoms with van der Waals surface area (Å²) in [5, 5.41) is 2.90. The Morgan fingerprint density at radius 1 is 1.07 bits per heavy atom. The number of carbonyl (C=O) groups is 3. The number of anilines is 1. The van der Waals surface area contributed by atoms with Crippen LogP contribution in [0.3, 0.4) is 0 Å². The van der Waals surface area contributed by atoms with E-state index in [1.54, 1.807) is 31.1 Å². The van der Waals surface area contributed by atoms with Gasteiger partial charge in [0.1, 0.15) is 6.04 Å². The molecule has 1 heterocycles. The predicted octanol–water partition coefficient (Wildman–Crippen LogP) is 3.08. The lowest BCUT2D eigenvalue weighted by atomic mass is 9.92. The van der Waals surface area contributed by atoms with Crippen LogP contribution in [0, 0.1) is 0 Å². The van der Waals surface area contributed by atoms with Crippen molar-refractivity contribution in [3.05, 3.63) is 65.2 Å². The molecule has 1 unspecified atom stereocenters. The van der Waals surface area contributed by atoms with E-state index in [0.717, 1.165) is 17.5 Å². The van der Waals surface area contributed by atoms with Crippen molar-refractivity contribution in [2.45, 2.75) is 38.8 Å². The first kappa shape index (κ1) is 20.6. The molecule has 0 fully saturated rings. The van der Waals surface area contributed by atoms with Crippen LogP contribution in [0.2, 0.25) is 0 Å². The normalized spacial score (nSPS) is 15.4. The zero-order valence-electron chi connectivity index (χ0n) is 17.1. The molecule has 6 nitrogen and oxygen atoms in total. The highest BCUT2D eigenvalue weighted by Crippen LogP contribution is 2.28. The second-order valence-electron chi connectivity index (χ2n) is 7.53. The van der Waals surface area contributed by atoms with Gasteiger partial charge in [-0.15, -0.1) is 0 Å². The van der Waals surface area contributed by atoms with Crippen molar-refractivity contribution < 1.29 is 14.4 Å². The van der Waals surface area contributed by atoms with E-state index in [9.17, 15) is 14.4 Å². The topological polar surface area (TPSA) is 69.7 Å². The molecule has 1 atom stereocenters. The lowest BCUT2D eigenvalue weighted by Gasteiger charge is -2.37. The van der Waals surface area contributed by atoms with Crippen LogP contribution in [0.15, 0.2) is 48.5 Å². The minimum atomic E-state index is -0.550. The van der Waals surface area contributed by atoms with Crippen LogP contribution in [-0.4, -0.2) is 47.7 Å². The molecule has 1 aliphatic rings. The Morgan fingerprint density at radius 3 is 2.45 bits per heavy atom. The number of carbonyl (C=O) groups excluding carboxylic acids is 3. The molecule has 0 saturated carbocycles. The van der Waals surface area contributed by atoms with E-state index in [2.05, 4.69) is 5.32 Å². The molecule has 0 radical (unpaired) electrons. The fourth-order valence-electron chi connectivity index (χ4n) is 3.59. The zero-order chi connectivity index (χ0) is 21.0. The number of hydrogen-bond donors (Lipinski definition) is 1. The molecule has 29 heavy (non-hydrogen) atoms. The Kier molecular flexibility index (Phi) is 6.32. The summed E-state index contributed by atoms with van der Waals surface area (Å²) in [4.78, 5) is 41.1. The molecule has 2 aromatic carbocycles. The number of hydrogen-bond acceptors (Lipinski definition) is 3. The molecule has 0 bridgehead atoms. The summed E-state index contributed by atoms with van der Waals surface area (Å²) in [6.07, 6.45) is 1.70. The summed E-state index contributed by atoms with van der Waals surface area (Å²) in [7, 11) is 3.41. The first-order valence-corrected chi connectivity index (χ1v) is 9.89. The van der Waals surface area contributed by atoms with Gasteiger partial charge < -0.3 is 15.1 Å². The van der Waals surface area contributed by atoms with Crippen LogP contribution in [0.25, 0.3) is 0 Å². The first-order chi connectivity index (χ1) is 13.9. The zero-order valence-corrected chi connectivity index (χ0v) is 17.1. The second-order valence-corrected chi connectivity index (χ2v) is 7.53. The highest BCUT2D eigenvalue weighted by atomic mass is 16.2. The maximum absolute atomic E-state index is 13.2. The van der Waals surface area contributed by atoms with Gasteiger partial charge in [0.15, 0.2) is 0 Å². The number of rotatable bonds is 5. The number of amides is 3. The van der Waals surface area contributed by atoms with Gasteiger partial charge in [-0.25, -0.2) is 0 Å². The van der Waals surface area contributed by atoms with Gasteiger partial charge in [0.05, 0.1) is 0 Å². The molecule has 0 spiro atoms. The van der Waals surface area contributed by atoms with Gasteiger partial charge in [0.2, 0.25) is 11.8 Å². The Bertz CT molecular complexity index is 909. The molecule has 2 aromatic rings. The van der Waals surface area contributed by atoms with Crippen molar-refractivity contribution >= 4 is 23.4 Å². The highest BCUT2D eigenvalue weighted by Gasteiger charge is 2.36. The van der Waals surface area contributed by atoms with Gasteiger partial charge in [-0.2, -0.15) is 0 Å². The maximum atomic E-state index is 13.2. The third kappa shape index (κ3) is 4.65. The van der Waals surface area contributed by atoms with Crippen molar-refractivity contribution in [3.8, 4) is 0 Å². The van der Waals surface area contributed by atoms with Gasteiger partial charge in [-0.1, -0.05) is 31.2 Å². The number of nitrogens with one attached hydrogen (secondary N) is 1. The molecule has 0 saturated heterocycles. The third-order valence-electron chi connectivity index (χ3n) is 5.10. The van der Waals surface area contributed by atoms with Crippen molar-refractivity contribution in [2.75, 3.05) is 19.4 Å². The third-order valence-corrected chi connectivity index (χ3v) is 5.10. The summed E-state index contributed by atoms with van der Waals surface area (Å²) in [6.45, 7) is 2.28. The lowest BCUT2D eigenvalue weighted by Crippen LogP contribution is -2.52. The van der Waals surface area contributed by atoms with E-state index in [0.29, 0.717) is 30.6 Å². The summed E-state index contributed by atoms with van der Waals surface area (Å²) in [5.41, 5.74) is 3.24. The van der Waals surface area contributed by atoms with Crippen LogP contribution in [0.4, 0.5) is 5.69 Å². The minimum Gasteiger partial charge on any atom is -0.347 e. The van der Waals surface area contributed by atoms with Crippen LogP contribution < -0.4 is 5.32 Å². The molecule has 1 N–H and O–H groups in total. The Morgan fingerprint density at radius 2 is 1.79 bits per heavy atom. The van der Waals surface area contributed by atoms with Crippen molar-refractivity contribution in [3.63, 3.8) is 0 Å². The molecular weight excluding hydrogens is 366 g/mol. The van der Waals surface area contributed by atoms with E-state index >= 15 is 0 Å². The van der Waals surface area contributed by atoms with Gasteiger partial charge in [-0.3, -0.25) is 14.4 Å². The average molecular weight is 393 g/mol. The van der Waals surface area contributed by atoms with E-state index < -0.39 is 6.04 Å². The summed E-state index contributed by atoms with van der Waals surface area (Å²) >= 11 is 0. The number of fused-ring (bicyclic) bond motifs is 1. The summed E-state index contributed by atoms with van der Waals surface area (Å²) in [6, 6.07) is 14.2. The molecule has 1 aliphatic heterocycles. The van der Waals surface area contributed by atoms with Crippen LogP contribution in [0.1, 0.15) is 41.3 Å². The van der Waals surface area contributed by atoms with Gasteiger partial charge in [-0.05, 0) is 41.8 Å². The lowest BCUT2D eigenvalue weighted by molar-refractivity contribution is -0.134. The molecule has 3 amide bonds. The van der Waals surface area contributed by atoms with E-state index in [-0.39, 0.29) is 17.7 Å². The monoisotopic (exact) mass is 393 g/mol. The Balaban J connectivity index is 1.92. The molecular formula is C23H27N3O3. The average Bonchev–Trinajstić information content (AvgIpc) is 2.72. The molecule has 6 heteroatoms. The number of nitrogens with zero attached hydrogens (tertiary/aromatic N) is 2. The summed E-state index contributed by atoms with van der Waals surface area (Å²) in [5.74, 6) is -0.293. The maximum Gasteiger partial charge on any atom is 0.254 e. The van der Waals surface area contributed by atoms with Crippen LogP contribution in [-0.2, 0) is 22.6 Å². The number of benzene rings is 2. The molecule has 3 rings (SSSR count). The minimum absolute atomic E-state index is 0.0267. The fourth-order valence-corrected chi connectivity index (χ4v) is 3.59. The van der Waals surface area contributed by atoms with Crippen molar-refractivity contribution in [2.24, 2.45) is 0 Å². The van der Waals surface area contributed by atoms with E-state index in [4.69, 9.17) is 0 Å². The SMILES string of the molecule is CCCC(=O)Nc1ccc2c(c1)CN(C(=O)c1ccccc1)C(C(=O)N(C)C)C2. The van der Waals surface area contributed by atoms with Gasteiger partial charge in [0, 0.05) is 44.7 Å². The first-order valence-electron chi connectivity index (χ1n) is 9.89. The summed E-state index contributed by atoms with van der Waals surface area (Å²) < 4.78 is 0. The van der Waals surface area contributed by atoms with Gasteiger partial charge >= 0.3 is 0 Å². The molecule has 152 valence electrons. The highest BCUT2D eigenvalue weighted by molar-refractivity contribution is 5.98. The van der Waals surface area contributed by atoms with E-state index in [1.165, 1.54) is 4.90 Å². The largest absolute Gasteiger partial charge is 0.347 e. The quantitative estimate of drug-likeness (QED) is 0.849. The van der Waals surface area contributed by atoms with Crippen LogP contribution in [0.5, 0.6) is 0 Å². The second kappa shape index (κ2) is 8.90. The number of likely N-dealkylation sites (N-methyl/N-ethyl adjacent to an activating group) is 1. The molecule has 0 aliphatic carbocycles. The Labute approximate surface area is 171 Å². The smallest absolute Gasteiger partial charge is 0.254 e. The predicted molar refractivity (Wildman–Crippen MR) is 112 cm³/mol. The standard InChI is InChI=1S/C23H27N3O3/c1-4-8-21(27)24-19-12-11-17-14-20(23(29)25(2)3)26(15-18(17)13-19)22(28)16-9-6-5-7-10-16/h5-7,9-13,20H,4,8,14-15H2,1-3H3,(H,24,27). The van der Waals surface area contributed by atoms with Crippen LogP contribution >= 0.6 is 0 Å². The van der Waals surface area contributed by atoms with Crippen molar-refractivity contribution in [1.29, 1.82) is 0 Å². The van der Waals surface area contributed by atoms with E-state index in [1.807, 2.05) is 43.3 Å². The fraction of sp³-hybridized carbons (Fsp3) is 0.348. The Hall–Kier alpha value is -3.15. The van der Waals surface area contributed by atoms with Gasteiger partial charge in [0.25, 0.3) is 5.91 Å². The molecule has 0 aromatic heterocycles. The van der Waals surface area contributed by atoms with Crippen molar-refractivity contribution in [1.82, 2.24) is 9.80 Å².